The molecular weight excluding hydrogens is 192 g/mol. The minimum Gasteiger partial charge on any atom is -0.481 e. The number of carboxylic acids is 1. The summed E-state index contributed by atoms with van der Waals surface area (Å²) in [6, 6.07) is 0. The Balaban J connectivity index is 4.03. The monoisotopic (exact) mass is 214 g/mol. The number of hydrogen-bond donors (Lipinski definition) is 1. The van der Waals surface area contributed by atoms with E-state index in [1.165, 1.54) is 0 Å². The van der Waals surface area contributed by atoms with E-state index in [0.717, 1.165) is 19.1 Å². The topological polar surface area (TPSA) is 54.4 Å². The molecule has 1 N–H and O–H groups in total. The predicted octanol–water partition coefficient (Wildman–Crippen LogP) is 2.88. The third kappa shape index (κ3) is 7.11. The first-order chi connectivity index (χ1) is 6.68. The molecule has 0 fully saturated rings. The van der Waals surface area contributed by atoms with Crippen LogP contribution in [0.25, 0.3) is 0 Å². The number of carbonyl (C=O) groups excluding carboxylic acids is 1. The lowest BCUT2D eigenvalue weighted by Gasteiger charge is -2.27. The largest absolute Gasteiger partial charge is 0.481 e. The molecule has 0 heterocycles. The number of carbonyl (C=O) groups is 2. The van der Waals surface area contributed by atoms with Crippen molar-refractivity contribution in [1.82, 2.24) is 0 Å². The summed E-state index contributed by atoms with van der Waals surface area (Å²) in [4.78, 5) is 21.2. The Morgan fingerprint density at radius 1 is 1.13 bits per heavy atom. The molecule has 3 heteroatoms. The number of carboxylic acid groups (broad SMARTS) is 1. The van der Waals surface area contributed by atoms with Crippen LogP contribution in [0.5, 0.6) is 0 Å². The number of aldehydes is 1. The van der Waals surface area contributed by atoms with Crippen LogP contribution < -0.4 is 0 Å². The van der Waals surface area contributed by atoms with E-state index in [1.807, 2.05) is 13.8 Å². The van der Waals surface area contributed by atoms with Crippen LogP contribution in [0, 0.1) is 10.8 Å². The van der Waals surface area contributed by atoms with Gasteiger partial charge in [-0.15, -0.1) is 0 Å². The van der Waals surface area contributed by atoms with Crippen molar-refractivity contribution < 1.29 is 14.7 Å². The van der Waals surface area contributed by atoms with Crippen LogP contribution in [0.2, 0.25) is 0 Å². The molecule has 0 saturated carbocycles. The van der Waals surface area contributed by atoms with Gasteiger partial charge in [-0.05, 0) is 24.7 Å². The molecule has 0 aromatic carbocycles. The van der Waals surface area contributed by atoms with Gasteiger partial charge >= 0.3 is 5.97 Å². The van der Waals surface area contributed by atoms with Gasteiger partial charge in [0.15, 0.2) is 0 Å². The van der Waals surface area contributed by atoms with E-state index >= 15 is 0 Å². The maximum absolute atomic E-state index is 10.7. The third-order valence-corrected chi connectivity index (χ3v) is 2.78. The number of rotatable bonds is 7. The van der Waals surface area contributed by atoms with Gasteiger partial charge < -0.3 is 9.90 Å². The Morgan fingerprint density at radius 3 is 2.07 bits per heavy atom. The SMILES string of the molecule is CC(C)(C=O)CCC(C)(C)CCC(=O)O. The van der Waals surface area contributed by atoms with E-state index in [0.29, 0.717) is 6.42 Å². The van der Waals surface area contributed by atoms with Crippen molar-refractivity contribution in [1.29, 1.82) is 0 Å². The van der Waals surface area contributed by atoms with Gasteiger partial charge in [0.2, 0.25) is 0 Å². The minimum atomic E-state index is -0.752. The first-order valence-corrected chi connectivity index (χ1v) is 5.37. The molecule has 0 aliphatic heterocycles. The van der Waals surface area contributed by atoms with Gasteiger partial charge in [-0.2, -0.15) is 0 Å². The fraction of sp³-hybridized carbons (Fsp3) is 0.833. The highest BCUT2D eigenvalue weighted by molar-refractivity contribution is 5.66. The van der Waals surface area contributed by atoms with Crippen molar-refractivity contribution in [2.24, 2.45) is 10.8 Å². The first kappa shape index (κ1) is 14.1. The quantitative estimate of drug-likeness (QED) is 0.663. The summed E-state index contributed by atoms with van der Waals surface area (Å²) in [6.45, 7) is 7.92. The van der Waals surface area contributed by atoms with Crippen LogP contribution in [0.15, 0.2) is 0 Å². The molecule has 15 heavy (non-hydrogen) atoms. The van der Waals surface area contributed by atoms with Gasteiger partial charge in [-0.25, -0.2) is 0 Å². The molecule has 0 aromatic heterocycles. The fourth-order valence-electron chi connectivity index (χ4n) is 1.29. The van der Waals surface area contributed by atoms with E-state index in [1.54, 1.807) is 0 Å². The minimum absolute atomic E-state index is 0.00132. The van der Waals surface area contributed by atoms with E-state index in [4.69, 9.17) is 5.11 Å². The summed E-state index contributed by atoms with van der Waals surface area (Å²) >= 11 is 0. The van der Waals surface area contributed by atoms with Crippen molar-refractivity contribution >= 4 is 12.3 Å². The van der Waals surface area contributed by atoms with Crippen molar-refractivity contribution in [2.75, 3.05) is 0 Å². The van der Waals surface area contributed by atoms with Gasteiger partial charge in [0.1, 0.15) is 6.29 Å². The molecule has 0 aromatic rings. The van der Waals surface area contributed by atoms with E-state index in [9.17, 15) is 9.59 Å². The lowest BCUT2D eigenvalue weighted by Crippen LogP contribution is -2.20. The van der Waals surface area contributed by atoms with E-state index in [2.05, 4.69) is 13.8 Å². The summed E-state index contributed by atoms with van der Waals surface area (Å²) in [5, 5.41) is 8.59. The molecule has 0 amide bonds. The maximum atomic E-state index is 10.7. The van der Waals surface area contributed by atoms with Crippen LogP contribution >= 0.6 is 0 Å². The van der Waals surface area contributed by atoms with Crippen molar-refractivity contribution in [3.8, 4) is 0 Å². The van der Waals surface area contributed by atoms with Crippen molar-refractivity contribution in [3.63, 3.8) is 0 Å². The molecule has 0 radical (unpaired) electrons. The Bertz CT molecular complexity index is 229. The second-order valence-corrected chi connectivity index (χ2v) is 5.66. The number of aliphatic carboxylic acids is 1. The van der Waals surface area contributed by atoms with Crippen molar-refractivity contribution in [2.45, 2.75) is 53.4 Å². The maximum Gasteiger partial charge on any atom is 0.303 e. The smallest absolute Gasteiger partial charge is 0.303 e. The van der Waals surface area contributed by atoms with Gasteiger partial charge in [-0.3, -0.25) is 4.79 Å². The fourth-order valence-corrected chi connectivity index (χ4v) is 1.29. The molecule has 0 saturated heterocycles. The van der Waals surface area contributed by atoms with Crippen LogP contribution in [0.4, 0.5) is 0 Å². The average molecular weight is 214 g/mol. The normalized spacial score (nSPS) is 12.5. The van der Waals surface area contributed by atoms with Gasteiger partial charge in [0.25, 0.3) is 0 Å². The molecule has 0 atom stereocenters. The number of hydrogen-bond acceptors (Lipinski definition) is 2. The van der Waals surface area contributed by atoms with Crippen molar-refractivity contribution in [3.05, 3.63) is 0 Å². The van der Waals surface area contributed by atoms with E-state index < -0.39 is 5.97 Å². The van der Waals surface area contributed by atoms with Gasteiger partial charge in [0, 0.05) is 11.8 Å². The molecule has 3 nitrogen and oxygen atoms in total. The molecule has 0 aliphatic rings. The lowest BCUT2D eigenvalue weighted by molar-refractivity contribution is -0.137. The first-order valence-electron chi connectivity index (χ1n) is 5.37. The highest BCUT2D eigenvalue weighted by Gasteiger charge is 2.24. The predicted molar refractivity (Wildman–Crippen MR) is 59.7 cm³/mol. The van der Waals surface area contributed by atoms with Gasteiger partial charge in [0.05, 0.1) is 0 Å². The van der Waals surface area contributed by atoms with E-state index in [-0.39, 0.29) is 17.3 Å². The summed E-state index contributed by atoms with van der Waals surface area (Å²) in [7, 11) is 0. The second kappa shape index (κ2) is 5.29. The van der Waals surface area contributed by atoms with Crippen LogP contribution in [0.3, 0.4) is 0 Å². The molecule has 0 unspecified atom stereocenters. The zero-order valence-corrected chi connectivity index (χ0v) is 10.2. The highest BCUT2D eigenvalue weighted by atomic mass is 16.4. The Morgan fingerprint density at radius 2 is 1.67 bits per heavy atom. The average Bonchev–Trinajstić information content (AvgIpc) is 2.13. The summed E-state index contributed by atoms with van der Waals surface area (Å²) in [5.74, 6) is -0.752. The summed E-state index contributed by atoms with van der Waals surface area (Å²) < 4.78 is 0. The van der Waals surface area contributed by atoms with Crippen LogP contribution in [-0.2, 0) is 9.59 Å². The molecule has 0 rings (SSSR count). The Hall–Kier alpha value is -0.860. The molecular formula is C12H22O3. The zero-order valence-electron chi connectivity index (χ0n) is 10.2. The third-order valence-electron chi connectivity index (χ3n) is 2.78. The Kier molecular flexibility index (Phi) is 4.98. The molecule has 88 valence electrons. The summed E-state index contributed by atoms with van der Waals surface area (Å²) in [5.41, 5.74) is -0.292. The lowest BCUT2D eigenvalue weighted by atomic mass is 9.77. The van der Waals surface area contributed by atoms with Crippen LogP contribution in [-0.4, -0.2) is 17.4 Å². The zero-order chi connectivity index (χ0) is 12.1. The summed E-state index contributed by atoms with van der Waals surface area (Å²) in [6.07, 6.45) is 3.53. The molecule has 0 bridgehead atoms. The second-order valence-electron chi connectivity index (χ2n) is 5.66. The van der Waals surface area contributed by atoms with Gasteiger partial charge in [-0.1, -0.05) is 27.7 Å². The Labute approximate surface area is 91.9 Å². The molecule has 0 spiro atoms. The standard InChI is InChI=1S/C12H22O3/c1-11(2,6-5-10(14)15)7-8-12(3,4)9-13/h9H,5-8H2,1-4H3,(H,14,15). The molecule has 0 aliphatic carbocycles. The van der Waals surface area contributed by atoms with Crippen LogP contribution in [0.1, 0.15) is 53.4 Å². The highest BCUT2D eigenvalue weighted by Crippen LogP contribution is 2.33.